The van der Waals surface area contributed by atoms with Crippen LogP contribution in [0.5, 0.6) is 5.75 Å². The van der Waals surface area contributed by atoms with E-state index in [1.807, 2.05) is 12.1 Å². The molecule has 0 atom stereocenters. The molecule has 0 radical (unpaired) electrons. The van der Waals surface area contributed by atoms with Gasteiger partial charge in [-0.25, -0.2) is 5.43 Å². The lowest BCUT2D eigenvalue weighted by Gasteiger charge is -2.19. The van der Waals surface area contributed by atoms with Crippen LogP contribution in [0.3, 0.4) is 0 Å². The van der Waals surface area contributed by atoms with Crippen LogP contribution in [0.15, 0.2) is 70.2 Å². The van der Waals surface area contributed by atoms with Crippen molar-refractivity contribution in [1.82, 2.24) is 5.43 Å². The van der Waals surface area contributed by atoms with E-state index in [1.54, 1.807) is 18.2 Å². The quantitative estimate of drug-likeness (QED) is 0.387. The summed E-state index contributed by atoms with van der Waals surface area (Å²) >= 11 is 0. The number of nitrogens with zero attached hydrogens (tertiary/aromatic N) is 1. The normalized spacial score (nSPS) is 12.2. The van der Waals surface area contributed by atoms with Crippen LogP contribution >= 0.6 is 0 Å². The van der Waals surface area contributed by atoms with Crippen LogP contribution in [0.2, 0.25) is 0 Å². The molecule has 0 saturated heterocycles. The van der Waals surface area contributed by atoms with Crippen molar-refractivity contribution in [3.63, 3.8) is 0 Å². The Kier molecular flexibility index (Phi) is 6.72. The number of nitrogens with one attached hydrogen (secondary N) is 1. The molecule has 1 amide bonds. The Balaban J connectivity index is 1.52. The predicted octanol–water partition coefficient (Wildman–Crippen LogP) is 5.79. The molecule has 168 valence electrons. The fraction of sp³-hybridized carbons (Fsp3) is 0.250. The third-order valence-electron chi connectivity index (χ3n) is 4.57. The molecule has 32 heavy (non-hydrogen) atoms. The number of hydrogen-bond donors (Lipinski definition) is 1. The Labute approximate surface area is 183 Å². The van der Waals surface area contributed by atoms with Gasteiger partial charge in [0.1, 0.15) is 17.3 Å². The number of furan rings is 1. The highest BCUT2D eigenvalue weighted by molar-refractivity contribution is 5.81. The molecule has 0 saturated carbocycles. The van der Waals surface area contributed by atoms with Crippen molar-refractivity contribution in [2.24, 2.45) is 5.10 Å². The molecule has 0 aliphatic heterocycles. The summed E-state index contributed by atoms with van der Waals surface area (Å²) in [6.07, 6.45) is -3.18. The second-order valence-electron chi connectivity index (χ2n) is 8.14. The fourth-order valence-electron chi connectivity index (χ4n) is 2.83. The highest BCUT2D eigenvalue weighted by Crippen LogP contribution is 2.32. The Morgan fingerprint density at radius 2 is 1.75 bits per heavy atom. The lowest BCUT2D eigenvalue weighted by Crippen LogP contribution is -2.24. The van der Waals surface area contributed by atoms with E-state index in [4.69, 9.17) is 9.15 Å². The molecule has 3 rings (SSSR count). The molecule has 3 aromatic rings. The first-order valence-corrected chi connectivity index (χ1v) is 9.85. The van der Waals surface area contributed by atoms with E-state index in [1.165, 1.54) is 24.4 Å². The first-order chi connectivity index (χ1) is 15.0. The van der Waals surface area contributed by atoms with Crippen molar-refractivity contribution in [3.8, 4) is 17.1 Å². The molecule has 0 unspecified atom stereocenters. The predicted molar refractivity (Wildman–Crippen MR) is 116 cm³/mol. The molecule has 0 bridgehead atoms. The lowest BCUT2D eigenvalue weighted by molar-refractivity contribution is -0.137. The first kappa shape index (κ1) is 23.1. The number of rotatable bonds is 6. The second kappa shape index (κ2) is 9.30. The molecule has 2 aromatic carbocycles. The van der Waals surface area contributed by atoms with Crippen molar-refractivity contribution < 1.29 is 27.1 Å². The maximum atomic E-state index is 12.9. The maximum Gasteiger partial charge on any atom is 0.416 e. The zero-order valence-corrected chi connectivity index (χ0v) is 17.9. The van der Waals surface area contributed by atoms with Gasteiger partial charge in [-0.2, -0.15) is 18.3 Å². The number of amides is 1. The van der Waals surface area contributed by atoms with Crippen molar-refractivity contribution in [3.05, 3.63) is 77.6 Å². The van der Waals surface area contributed by atoms with Crippen molar-refractivity contribution in [2.45, 2.75) is 32.4 Å². The van der Waals surface area contributed by atoms with Crippen LogP contribution in [-0.4, -0.2) is 18.7 Å². The van der Waals surface area contributed by atoms with Gasteiger partial charge in [-0.3, -0.25) is 4.79 Å². The van der Waals surface area contributed by atoms with Crippen LogP contribution in [-0.2, 0) is 16.4 Å². The van der Waals surface area contributed by atoms with Crippen molar-refractivity contribution in [1.29, 1.82) is 0 Å². The van der Waals surface area contributed by atoms with Crippen molar-refractivity contribution >= 4 is 12.1 Å². The second-order valence-corrected chi connectivity index (χ2v) is 8.14. The Morgan fingerprint density at radius 3 is 2.41 bits per heavy atom. The summed E-state index contributed by atoms with van der Waals surface area (Å²) < 4.78 is 49.5. The van der Waals surface area contributed by atoms with Gasteiger partial charge in [0.25, 0.3) is 5.91 Å². The van der Waals surface area contributed by atoms with Crippen LogP contribution in [0.25, 0.3) is 11.3 Å². The monoisotopic (exact) mass is 444 g/mol. The molecule has 8 heteroatoms. The number of alkyl halides is 3. The highest BCUT2D eigenvalue weighted by atomic mass is 19.4. The molecule has 0 aliphatic carbocycles. The van der Waals surface area contributed by atoms with Gasteiger partial charge >= 0.3 is 6.18 Å². The number of benzene rings is 2. The van der Waals surface area contributed by atoms with Gasteiger partial charge in [-0.05, 0) is 47.4 Å². The minimum absolute atomic E-state index is 0.0253. The van der Waals surface area contributed by atoms with E-state index in [0.29, 0.717) is 5.75 Å². The van der Waals surface area contributed by atoms with Gasteiger partial charge in [0.05, 0.1) is 11.8 Å². The lowest BCUT2D eigenvalue weighted by atomic mass is 9.87. The van der Waals surface area contributed by atoms with Gasteiger partial charge < -0.3 is 9.15 Å². The Morgan fingerprint density at radius 1 is 1.03 bits per heavy atom. The van der Waals surface area contributed by atoms with Crippen LogP contribution < -0.4 is 10.2 Å². The Hall–Kier alpha value is -3.55. The van der Waals surface area contributed by atoms with Gasteiger partial charge in [-0.15, -0.1) is 0 Å². The van der Waals surface area contributed by atoms with E-state index in [2.05, 4.69) is 31.3 Å². The number of hydrogen-bond acceptors (Lipinski definition) is 4. The summed E-state index contributed by atoms with van der Waals surface area (Å²) in [5.41, 5.74) is 3.02. The molecular formula is C24H23F3N2O3. The van der Waals surface area contributed by atoms with E-state index in [9.17, 15) is 18.0 Å². The van der Waals surface area contributed by atoms with Gasteiger partial charge in [0.2, 0.25) is 0 Å². The first-order valence-electron chi connectivity index (χ1n) is 9.85. The van der Waals surface area contributed by atoms with Gasteiger partial charge in [0.15, 0.2) is 6.61 Å². The number of ether oxygens (including phenoxy) is 1. The molecule has 0 spiro atoms. The molecular weight excluding hydrogens is 421 g/mol. The summed E-state index contributed by atoms with van der Waals surface area (Å²) in [6, 6.07) is 15.4. The van der Waals surface area contributed by atoms with E-state index in [-0.39, 0.29) is 29.1 Å². The molecule has 5 nitrogen and oxygen atoms in total. The van der Waals surface area contributed by atoms with Crippen LogP contribution in [0, 0.1) is 0 Å². The van der Waals surface area contributed by atoms with E-state index >= 15 is 0 Å². The number of carbonyl (C=O) groups is 1. The average molecular weight is 444 g/mol. The minimum atomic E-state index is -4.44. The van der Waals surface area contributed by atoms with Gasteiger partial charge in [-0.1, -0.05) is 45.0 Å². The number of hydrazone groups is 1. The van der Waals surface area contributed by atoms with Crippen molar-refractivity contribution in [2.75, 3.05) is 6.61 Å². The molecule has 0 fully saturated rings. The molecule has 1 aromatic heterocycles. The zero-order chi connectivity index (χ0) is 23.4. The summed E-state index contributed by atoms with van der Waals surface area (Å²) in [5.74, 6) is 0.627. The maximum absolute atomic E-state index is 12.9. The Bertz CT molecular complexity index is 1090. The highest BCUT2D eigenvalue weighted by Gasteiger charge is 2.30. The van der Waals surface area contributed by atoms with Crippen LogP contribution in [0.4, 0.5) is 13.2 Å². The SMILES string of the molecule is CC(C)(C)c1ccc(OCC(=O)N/N=C/c2ccc(-c3cccc(C(F)(F)F)c3)o2)cc1. The third-order valence-corrected chi connectivity index (χ3v) is 4.57. The summed E-state index contributed by atoms with van der Waals surface area (Å²) in [4.78, 5) is 11.9. The number of halogens is 3. The molecule has 1 heterocycles. The van der Waals surface area contributed by atoms with E-state index in [0.717, 1.165) is 17.7 Å². The third kappa shape index (κ3) is 6.23. The zero-order valence-electron chi connectivity index (χ0n) is 17.9. The summed E-state index contributed by atoms with van der Waals surface area (Å²) in [7, 11) is 0. The standard InChI is InChI=1S/C24H23F3N2O3/c1-23(2,3)17-7-9-19(10-8-17)31-15-22(30)29-28-14-20-11-12-21(32-20)16-5-4-6-18(13-16)24(25,26)27/h4-14H,15H2,1-3H3,(H,29,30)/b28-14+. The summed E-state index contributed by atoms with van der Waals surface area (Å²) in [6.45, 7) is 6.10. The minimum Gasteiger partial charge on any atom is -0.484 e. The van der Waals surface area contributed by atoms with Gasteiger partial charge in [0, 0.05) is 5.56 Å². The number of carbonyl (C=O) groups excluding carboxylic acids is 1. The van der Waals surface area contributed by atoms with Crippen LogP contribution in [0.1, 0.15) is 37.7 Å². The fourth-order valence-corrected chi connectivity index (χ4v) is 2.83. The smallest absolute Gasteiger partial charge is 0.416 e. The largest absolute Gasteiger partial charge is 0.484 e. The average Bonchev–Trinajstić information content (AvgIpc) is 3.20. The molecule has 1 N–H and O–H groups in total. The topological polar surface area (TPSA) is 63.8 Å². The molecule has 0 aliphatic rings. The summed E-state index contributed by atoms with van der Waals surface area (Å²) in [5, 5.41) is 3.79. The van der Waals surface area contributed by atoms with E-state index < -0.39 is 17.6 Å².